The number of nitrogens with zero attached hydrogens (tertiary/aromatic N) is 2. The van der Waals surface area contributed by atoms with Crippen LogP contribution in [0.3, 0.4) is 0 Å². The second-order valence-corrected chi connectivity index (χ2v) is 5.38. The molecular weight excluding hydrogens is 308 g/mol. The SMILES string of the molecule is COC1(OC)[C@H](/C=C/c2ccccc2)C(C#N)(C#N)C1(OC)OC. The van der Waals surface area contributed by atoms with E-state index in [0.29, 0.717) is 0 Å². The summed E-state index contributed by atoms with van der Waals surface area (Å²) in [4.78, 5) is 0. The average molecular weight is 328 g/mol. The second-order valence-electron chi connectivity index (χ2n) is 5.38. The maximum atomic E-state index is 9.75. The Kier molecular flexibility index (Phi) is 5.08. The van der Waals surface area contributed by atoms with E-state index in [1.807, 2.05) is 48.5 Å². The lowest BCUT2D eigenvalue weighted by molar-refractivity contribution is -0.489. The van der Waals surface area contributed by atoms with Crippen LogP contribution >= 0.6 is 0 Å². The molecule has 0 heterocycles. The maximum Gasteiger partial charge on any atom is 0.257 e. The number of rotatable bonds is 6. The van der Waals surface area contributed by atoms with Crippen LogP contribution in [0.2, 0.25) is 0 Å². The summed E-state index contributed by atoms with van der Waals surface area (Å²) < 4.78 is 22.0. The molecule has 0 aliphatic heterocycles. The van der Waals surface area contributed by atoms with Crippen LogP contribution in [-0.2, 0) is 18.9 Å². The molecule has 0 saturated heterocycles. The highest BCUT2D eigenvalue weighted by atomic mass is 16.8. The number of ether oxygens (including phenoxy) is 4. The van der Waals surface area contributed by atoms with Crippen molar-refractivity contribution in [3.63, 3.8) is 0 Å². The molecule has 1 aromatic rings. The van der Waals surface area contributed by atoms with Crippen molar-refractivity contribution >= 4 is 6.08 Å². The summed E-state index contributed by atoms with van der Waals surface area (Å²) in [5.74, 6) is -3.80. The lowest BCUT2D eigenvalue weighted by Gasteiger charge is -2.64. The summed E-state index contributed by atoms with van der Waals surface area (Å²) in [6.07, 6.45) is 3.54. The van der Waals surface area contributed by atoms with E-state index in [0.717, 1.165) is 5.56 Å². The molecule has 0 bridgehead atoms. The predicted molar refractivity (Wildman–Crippen MR) is 86.1 cm³/mol. The van der Waals surface area contributed by atoms with Crippen molar-refractivity contribution in [1.82, 2.24) is 0 Å². The number of methoxy groups -OCH3 is 4. The van der Waals surface area contributed by atoms with Crippen LogP contribution in [0, 0.1) is 34.0 Å². The third kappa shape index (κ3) is 2.02. The predicted octanol–water partition coefficient (Wildman–Crippen LogP) is 2.34. The first-order valence-corrected chi connectivity index (χ1v) is 7.34. The van der Waals surface area contributed by atoms with Crippen molar-refractivity contribution in [3.8, 4) is 12.1 Å². The molecular formula is C18H20N2O4. The van der Waals surface area contributed by atoms with Crippen LogP contribution in [0.25, 0.3) is 6.08 Å². The van der Waals surface area contributed by atoms with Gasteiger partial charge >= 0.3 is 0 Å². The van der Waals surface area contributed by atoms with Gasteiger partial charge in [-0.05, 0) is 5.56 Å². The number of nitriles is 2. The largest absolute Gasteiger partial charge is 0.348 e. The van der Waals surface area contributed by atoms with Crippen molar-refractivity contribution in [2.24, 2.45) is 11.3 Å². The van der Waals surface area contributed by atoms with E-state index in [2.05, 4.69) is 0 Å². The number of benzene rings is 1. The van der Waals surface area contributed by atoms with Gasteiger partial charge in [0.1, 0.15) is 0 Å². The molecule has 1 aromatic carbocycles. The van der Waals surface area contributed by atoms with E-state index in [4.69, 9.17) is 18.9 Å². The van der Waals surface area contributed by atoms with Gasteiger partial charge in [0.15, 0.2) is 0 Å². The van der Waals surface area contributed by atoms with Crippen LogP contribution in [0.1, 0.15) is 5.56 Å². The van der Waals surface area contributed by atoms with Gasteiger partial charge in [0.05, 0.1) is 18.1 Å². The van der Waals surface area contributed by atoms with E-state index in [9.17, 15) is 10.5 Å². The van der Waals surface area contributed by atoms with Crippen molar-refractivity contribution in [3.05, 3.63) is 42.0 Å². The Morgan fingerprint density at radius 2 is 1.46 bits per heavy atom. The summed E-state index contributed by atoms with van der Waals surface area (Å²) in [6.45, 7) is 0. The molecule has 0 spiro atoms. The third-order valence-corrected chi connectivity index (χ3v) is 4.67. The zero-order chi connectivity index (χ0) is 17.8. The minimum atomic E-state index is -1.67. The average Bonchev–Trinajstić information content (AvgIpc) is 2.64. The summed E-state index contributed by atoms with van der Waals surface area (Å²) >= 11 is 0. The Morgan fingerprint density at radius 3 is 1.88 bits per heavy atom. The van der Waals surface area contributed by atoms with Gasteiger partial charge in [0, 0.05) is 28.4 Å². The maximum absolute atomic E-state index is 9.75. The van der Waals surface area contributed by atoms with Gasteiger partial charge in [0.25, 0.3) is 5.79 Å². The van der Waals surface area contributed by atoms with Gasteiger partial charge in [0.2, 0.25) is 11.2 Å². The molecule has 0 amide bonds. The molecule has 0 unspecified atom stereocenters. The Hall–Kier alpha value is -2.22. The minimum Gasteiger partial charge on any atom is -0.348 e. The summed E-state index contributed by atoms with van der Waals surface area (Å²) in [5, 5.41) is 19.5. The van der Waals surface area contributed by atoms with Gasteiger partial charge in [-0.15, -0.1) is 0 Å². The lowest BCUT2D eigenvalue weighted by Crippen LogP contribution is -2.83. The van der Waals surface area contributed by atoms with Crippen LogP contribution in [0.5, 0.6) is 0 Å². The molecule has 126 valence electrons. The molecule has 1 aliphatic carbocycles. The first kappa shape index (κ1) is 18.1. The van der Waals surface area contributed by atoms with E-state index < -0.39 is 22.9 Å². The quantitative estimate of drug-likeness (QED) is 0.745. The highest BCUT2D eigenvalue weighted by Crippen LogP contribution is 2.65. The summed E-state index contributed by atoms with van der Waals surface area (Å²) in [6, 6.07) is 13.6. The lowest BCUT2D eigenvalue weighted by atomic mass is 9.51. The molecule has 1 fully saturated rings. The molecule has 1 saturated carbocycles. The first-order chi connectivity index (χ1) is 11.6. The summed E-state index contributed by atoms with van der Waals surface area (Å²) in [7, 11) is 5.57. The zero-order valence-corrected chi connectivity index (χ0v) is 14.1. The Bertz CT molecular complexity index is 665. The topological polar surface area (TPSA) is 84.5 Å². The fourth-order valence-corrected chi connectivity index (χ4v) is 3.54. The highest BCUT2D eigenvalue weighted by molar-refractivity contribution is 5.52. The monoisotopic (exact) mass is 328 g/mol. The van der Waals surface area contributed by atoms with Gasteiger partial charge in [-0.25, -0.2) is 0 Å². The Morgan fingerprint density at radius 1 is 0.917 bits per heavy atom. The molecule has 2 rings (SSSR count). The molecule has 1 aliphatic rings. The normalized spacial score (nSPS) is 23.2. The van der Waals surface area contributed by atoms with Crippen molar-refractivity contribution in [2.45, 2.75) is 11.6 Å². The molecule has 1 atom stereocenters. The van der Waals surface area contributed by atoms with E-state index in [1.165, 1.54) is 28.4 Å². The standard InChI is InChI=1S/C18H20N2O4/c1-21-17(22-2)15(11-10-14-8-6-5-7-9-14)16(12-19,13-20)18(17,23-3)24-4/h5-11,15H,1-4H3/b11-10+/t15-/m1/s1. The van der Waals surface area contributed by atoms with Crippen LogP contribution in [0.4, 0.5) is 0 Å². The van der Waals surface area contributed by atoms with Crippen molar-refractivity contribution in [2.75, 3.05) is 28.4 Å². The molecule has 0 aromatic heterocycles. The smallest absolute Gasteiger partial charge is 0.257 e. The van der Waals surface area contributed by atoms with E-state index in [1.54, 1.807) is 6.08 Å². The molecule has 24 heavy (non-hydrogen) atoms. The van der Waals surface area contributed by atoms with Gasteiger partial charge < -0.3 is 18.9 Å². The van der Waals surface area contributed by atoms with Crippen LogP contribution < -0.4 is 0 Å². The van der Waals surface area contributed by atoms with Crippen LogP contribution in [0.15, 0.2) is 36.4 Å². The molecule has 0 N–H and O–H groups in total. The van der Waals surface area contributed by atoms with Gasteiger partial charge in [-0.2, -0.15) is 10.5 Å². The third-order valence-electron chi connectivity index (χ3n) is 4.67. The van der Waals surface area contributed by atoms with E-state index >= 15 is 0 Å². The Balaban J connectivity index is 2.57. The fraction of sp³-hybridized carbons (Fsp3) is 0.444. The van der Waals surface area contributed by atoms with Gasteiger partial charge in [-0.3, -0.25) is 0 Å². The second kappa shape index (κ2) is 6.72. The number of hydrogen-bond acceptors (Lipinski definition) is 6. The minimum absolute atomic E-state index is 0.713. The highest BCUT2D eigenvalue weighted by Gasteiger charge is 2.85. The van der Waals surface area contributed by atoms with Crippen molar-refractivity contribution in [1.29, 1.82) is 10.5 Å². The molecule has 6 nitrogen and oxygen atoms in total. The molecule has 6 heteroatoms. The van der Waals surface area contributed by atoms with Crippen molar-refractivity contribution < 1.29 is 18.9 Å². The zero-order valence-electron chi connectivity index (χ0n) is 14.1. The van der Waals surface area contributed by atoms with Crippen LogP contribution in [-0.4, -0.2) is 40.0 Å². The number of hydrogen-bond donors (Lipinski definition) is 0. The Labute approximate surface area is 141 Å². The first-order valence-electron chi connectivity index (χ1n) is 7.34. The fourth-order valence-electron chi connectivity index (χ4n) is 3.54. The molecule has 0 radical (unpaired) electrons. The summed E-state index contributed by atoms with van der Waals surface area (Å²) in [5.41, 5.74) is -0.691. The van der Waals surface area contributed by atoms with Gasteiger partial charge in [-0.1, -0.05) is 42.5 Å². The van der Waals surface area contributed by atoms with E-state index in [-0.39, 0.29) is 0 Å².